The Hall–Kier alpha value is -2.60. The van der Waals surface area contributed by atoms with Crippen molar-refractivity contribution < 1.29 is 52.6 Å². The van der Waals surface area contributed by atoms with Crippen LogP contribution in [0.25, 0.3) is 0 Å². The van der Waals surface area contributed by atoms with E-state index in [1.165, 1.54) is 180 Å². The third kappa shape index (κ3) is 73.4. The molecule has 0 saturated heterocycles. The summed E-state index contributed by atoms with van der Waals surface area (Å²) in [5.74, 6) is -0.893. The summed E-state index contributed by atoms with van der Waals surface area (Å²) in [4.78, 5) is 56.6. The molecule has 2 N–H and O–H groups in total. The number of hydrogen-bond donors (Lipinski definition) is 2. The van der Waals surface area contributed by atoms with E-state index in [2.05, 4.69) is 63.8 Å². The van der Waals surface area contributed by atoms with Gasteiger partial charge in [-0.05, 0) is 103 Å². The Bertz CT molecular complexity index is 1330. The first-order valence-corrected chi connectivity index (χ1v) is 32.9. The van der Waals surface area contributed by atoms with Gasteiger partial charge in [-0.15, -0.1) is 6.58 Å². The minimum atomic E-state index is -3.13. The Morgan fingerprint density at radius 1 is 0.455 bits per heavy atom. The molecule has 0 aliphatic rings. The fourth-order valence-corrected chi connectivity index (χ4v) is 8.56. The molecule has 0 aliphatic heterocycles. The predicted molar refractivity (Wildman–Crippen MR) is 324 cm³/mol. The van der Waals surface area contributed by atoms with E-state index in [1.54, 1.807) is 6.08 Å². The monoisotopic (exact) mass is 1110 g/mol. The Kier molecular flexibility index (Phi) is 67.3. The Labute approximate surface area is 474 Å². The number of carbonyl (C=O) groups is 3. The molecule has 0 saturated carbocycles. The van der Waals surface area contributed by atoms with E-state index in [0.717, 1.165) is 77.0 Å². The van der Waals surface area contributed by atoms with Gasteiger partial charge < -0.3 is 29.2 Å². The van der Waals surface area contributed by atoms with Gasteiger partial charge in [0.25, 0.3) is 0 Å². The van der Waals surface area contributed by atoms with E-state index in [1.807, 2.05) is 6.92 Å². The summed E-state index contributed by atoms with van der Waals surface area (Å²) in [6.45, 7) is 12.9. The molecule has 1 unspecified atom stereocenters. The minimum Gasteiger partial charge on any atom is -0.598 e. The number of esters is 3. The van der Waals surface area contributed by atoms with Gasteiger partial charge in [-0.1, -0.05) is 217 Å². The number of nitrogens with zero attached hydrogens (tertiary/aromatic N) is 1. The summed E-state index contributed by atoms with van der Waals surface area (Å²) < 4.78 is 25.6. The smallest absolute Gasteiger partial charge is 0.314 e. The lowest BCUT2D eigenvalue weighted by molar-refractivity contribution is -1.05. The molecule has 12 nitrogen and oxygen atoms in total. The average molecular weight is 1110 g/mol. The van der Waals surface area contributed by atoms with Crippen LogP contribution in [-0.4, -0.2) is 72.0 Å². The highest BCUT2D eigenvalue weighted by Crippen LogP contribution is 2.15. The van der Waals surface area contributed by atoms with E-state index in [9.17, 15) is 19.6 Å². The van der Waals surface area contributed by atoms with Crippen molar-refractivity contribution in [1.82, 2.24) is 0 Å². The molecule has 0 spiro atoms. The third-order valence-corrected chi connectivity index (χ3v) is 13.2. The average Bonchev–Trinajstić information content (AvgIpc) is 3.39. The van der Waals surface area contributed by atoms with Crippen LogP contribution >= 0.6 is 8.25 Å². The number of unbranched alkanes of at least 4 members (excludes halogenated alkanes) is 33. The number of allylic oxidation sites excluding steroid dienone is 6. The van der Waals surface area contributed by atoms with Crippen LogP contribution in [0.5, 0.6) is 0 Å². The van der Waals surface area contributed by atoms with Crippen LogP contribution < -0.4 is 0 Å². The van der Waals surface area contributed by atoms with Gasteiger partial charge in [0.2, 0.25) is 0 Å². The Morgan fingerprint density at radius 3 is 0.987 bits per heavy atom. The zero-order valence-electron chi connectivity index (χ0n) is 50.6. The lowest BCUT2D eigenvalue weighted by Crippen LogP contribution is -2.38. The van der Waals surface area contributed by atoms with Crippen molar-refractivity contribution in [2.75, 3.05) is 33.4 Å². The van der Waals surface area contributed by atoms with Gasteiger partial charge in [0.05, 0.1) is 7.05 Å². The van der Waals surface area contributed by atoms with Crippen molar-refractivity contribution in [2.45, 2.75) is 310 Å². The zero-order chi connectivity index (χ0) is 57.4. The number of rotatable bonds is 55. The topological polar surface area (TPSA) is 169 Å². The maximum Gasteiger partial charge on any atom is 0.314 e. The fourth-order valence-electron chi connectivity index (χ4n) is 8.56. The van der Waals surface area contributed by atoms with Crippen molar-refractivity contribution in [3.8, 4) is 0 Å². The fraction of sp³-hybridized carbons (Fsp3) is 0.828. The first-order chi connectivity index (χ1) is 37.4. The van der Waals surface area contributed by atoms with Crippen molar-refractivity contribution >= 4 is 26.2 Å². The van der Waals surface area contributed by atoms with E-state index >= 15 is 0 Å². The van der Waals surface area contributed by atoms with Gasteiger partial charge in [0.1, 0.15) is 26.4 Å². The van der Waals surface area contributed by atoms with E-state index < -0.39 is 19.2 Å². The molecule has 0 aromatic rings. The van der Waals surface area contributed by atoms with Crippen LogP contribution in [0.2, 0.25) is 0 Å². The highest BCUT2D eigenvalue weighted by atomic mass is 31.1. The van der Waals surface area contributed by atoms with Crippen LogP contribution in [0.15, 0.2) is 49.1 Å². The molecule has 0 bridgehead atoms. The second kappa shape index (κ2) is 65.9. The maximum atomic E-state index is 12.8. The van der Waals surface area contributed by atoms with Gasteiger partial charge in [-0.2, -0.15) is 0 Å². The molecule has 454 valence electrons. The zero-order valence-corrected chi connectivity index (χ0v) is 51.6. The van der Waals surface area contributed by atoms with Gasteiger partial charge in [0.15, 0.2) is 6.10 Å². The summed E-state index contributed by atoms with van der Waals surface area (Å²) in [6.07, 6.45) is 63.6. The minimum absolute atomic E-state index is 0.0806. The van der Waals surface area contributed by atoms with Crippen LogP contribution in [0, 0.1) is 5.21 Å². The molecule has 0 amide bonds. The molecule has 13 heteroatoms. The lowest BCUT2D eigenvalue weighted by Gasteiger charge is -2.33. The highest BCUT2D eigenvalue weighted by Gasteiger charge is 2.19. The van der Waals surface area contributed by atoms with Crippen molar-refractivity contribution in [3.63, 3.8) is 0 Å². The van der Waals surface area contributed by atoms with Gasteiger partial charge in [-0.25, -0.2) is 9.65 Å². The second-order valence-electron chi connectivity index (χ2n) is 21.0. The second-order valence-corrected chi connectivity index (χ2v) is 21.6. The van der Waals surface area contributed by atoms with Gasteiger partial charge in [-0.3, -0.25) is 18.9 Å². The SMILES string of the molecule is C=CCC[N+](C)([O-])OCC.CCCCCCCC/C=C\CCCCCCCC(=O)OCC(COC(=O)CCCCCCC/C=C\CCCCCCCC)OC(=O)CCCCCCC/C=C\CCCCCCCC.O=[PH](O)O. The molecular weight excluding hydrogens is 990 g/mol. The summed E-state index contributed by atoms with van der Waals surface area (Å²) in [5, 5.41) is 11.1. The number of quaternary nitrogens is 1. The standard InChI is InChI=1S/C57H104O6.C7H15NO2.H3O3P/c1-4-7-10-13-16-19-22-25-28-31-34-37-40-43-46-49-55(58)61-52-54(63-57(60)51-48-45-42-39-36-33-30-27-24-21-18-15-12-9-6-3)53-62-56(59)50-47-44-41-38-35-32-29-26-23-20-17-14-11-8-5-2;1-4-6-7-8(3,9)10-5-2;1-4(2)3/h25-30,54H,4-24,31-53H2,1-3H3;4H,1,5-7H2,2-3H3;4H,(H2,1,2,3)/b28-25-,29-26-,30-27-;;. The molecule has 77 heavy (non-hydrogen) atoms. The number of hydroxylamine groups is 4. The number of ether oxygens (including phenoxy) is 3. The summed E-state index contributed by atoms with van der Waals surface area (Å²) in [5.41, 5.74) is 0. The predicted octanol–water partition coefficient (Wildman–Crippen LogP) is 18.9. The molecule has 0 radical (unpaired) electrons. The van der Waals surface area contributed by atoms with Crippen molar-refractivity contribution in [3.05, 3.63) is 54.3 Å². The summed E-state index contributed by atoms with van der Waals surface area (Å²) in [7, 11) is -1.64. The Morgan fingerprint density at radius 2 is 0.714 bits per heavy atom. The molecule has 0 fully saturated rings. The quantitative estimate of drug-likeness (QED) is 0.0113. The largest absolute Gasteiger partial charge is 0.598 e. The first-order valence-electron chi connectivity index (χ1n) is 31.6. The normalized spacial score (nSPS) is 12.2. The molecule has 0 heterocycles. The summed E-state index contributed by atoms with van der Waals surface area (Å²) >= 11 is 0. The number of hydrogen-bond acceptors (Lipinski definition) is 9. The maximum absolute atomic E-state index is 12.8. The number of carbonyl (C=O) groups excluding carboxylic acids is 3. The van der Waals surface area contributed by atoms with Crippen LogP contribution in [0.1, 0.15) is 304 Å². The molecule has 1 atom stereocenters. The van der Waals surface area contributed by atoms with Crippen LogP contribution in [-0.2, 0) is 38.0 Å². The molecule has 0 aromatic heterocycles. The molecular formula is C64H122NO11P. The van der Waals surface area contributed by atoms with E-state index in [4.69, 9.17) is 33.4 Å². The third-order valence-electron chi connectivity index (χ3n) is 13.2. The van der Waals surface area contributed by atoms with Crippen molar-refractivity contribution in [1.29, 1.82) is 0 Å². The Balaban J connectivity index is -0.00000341. The molecule has 0 aliphatic carbocycles. The van der Waals surface area contributed by atoms with Crippen molar-refractivity contribution in [2.24, 2.45) is 0 Å². The lowest BCUT2D eigenvalue weighted by atomic mass is 10.1. The first kappa shape index (κ1) is 78.6. The molecule has 0 rings (SSSR count). The summed E-state index contributed by atoms with van der Waals surface area (Å²) in [6, 6.07) is 0. The van der Waals surface area contributed by atoms with Gasteiger partial charge >= 0.3 is 26.2 Å². The van der Waals surface area contributed by atoms with Gasteiger partial charge in [0, 0.05) is 25.7 Å². The molecule has 0 aromatic carbocycles. The van der Waals surface area contributed by atoms with E-state index in [-0.39, 0.29) is 31.1 Å². The van der Waals surface area contributed by atoms with Crippen LogP contribution in [0.3, 0.4) is 0 Å². The van der Waals surface area contributed by atoms with E-state index in [0.29, 0.717) is 38.8 Å². The van der Waals surface area contributed by atoms with Crippen LogP contribution in [0.4, 0.5) is 0 Å². The highest BCUT2D eigenvalue weighted by molar-refractivity contribution is 7.30.